The van der Waals surface area contributed by atoms with E-state index in [2.05, 4.69) is 149 Å². The van der Waals surface area contributed by atoms with Gasteiger partial charge in [0, 0.05) is 50.4 Å². The summed E-state index contributed by atoms with van der Waals surface area (Å²) < 4.78 is 4.67. The van der Waals surface area contributed by atoms with Gasteiger partial charge in [-0.15, -0.1) is 0 Å². The Bertz CT molecular complexity index is 3160. The first-order valence-electron chi connectivity index (χ1n) is 18.9. The summed E-state index contributed by atoms with van der Waals surface area (Å²) in [6.45, 7) is 0. The molecule has 3 aromatic heterocycles. The van der Waals surface area contributed by atoms with Crippen molar-refractivity contribution in [2.75, 3.05) is 0 Å². The highest BCUT2D eigenvalue weighted by atomic mass is 15.0. The Morgan fingerprint density at radius 3 is 1.61 bits per heavy atom. The quantitative estimate of drug-likeness (QED) is 0.172. The van der Waals surface area contributed by atoms with E-state index in [0.29, 0.717) is 17.5 Å². The highest BCUT2D eigenvalue weighted by Gasteiger charge is 2.16. The molecule has 0 unspecified atom stereocenters. The molecule has 0 spiro atoms. The van der Waals surface area contributed by atoms with Crippen LogP contribution in [0.15, 0.2) is 200 Å². The van der Waals surface area contributed by atoms with Gasteiger partial charge in [-0.1, -0.05) is 133 Å². The van der Waals surface area contributed by atoms with Crippen molar-refractivity contribution in [3.8, 4) is 56.7 Å². The van der Waals surface area contributed by atoms with E-state index in [4.69, 9.17) is 15.0 Å². The van der Waals surface area contributed by atoms with Gasteiger partial charge in [0.1, 0.15) is 0 Å². The molecule has 5 heteroatoms. The summed E-state index contributed by atoms with van der Waals surface area (Å²) in [5.74, 6) is 1.95. The molecule has 0 saturated heterocycles. The van der Waals surface area contributed by atoms with Gasteiger partial charge in [0.2, 0.25) is 0 Å². The zero-order valence-electron chi connectivity index (χ0n) is 30.3. The number of para-hydroxylation sites is 2. The molecular formula is C51H33N5. The number of fused-ring (bicyclic) bond motifs is 6. The predicted molar refractivity (Wildman–Crippen MR) is 230 cm³/mol. The van der Waals surface area contributed by atoms with Crippen LogP contribution in [0.3, 0.4) is 0 Å². The van der Waals surface area contributed by atoms with E-state index in [1.54, 1.807) is 0 Å². The number of hydrogen-bond donors (Lipinski definition) is 0. The third-order valence-corrected chi connectivity index (χ3v) is 10.8. The van der Waals surface area contributed by atoms with Crippen molar-refractivity contribution in [2.24, 2.45) is 0 Å². The molecule has 0 saturated carbocycles. The number of aromatic nitrogens is 5. The molecule has 0 aliphatic rings. The van der Waals surface area contributed by atoms with E-state index in [9.17, 15) is 0 Å². The maximum absolute atomic E-state index is 4.95. The minimum absolute atomic E-state index is 0.642. The summed E-state index contributed by atoms with van der Waals surface area (Å²) in [6, 6.07) is 68.3. The molecule has 11 rings (SSSR count). The Morgan fingerprint density at radius 2 is 0.893 bits per heavy atom. The van der Waals surface area contributed by atoms with Crippen molar-refractivity contribution >= 4 is 43.5 Å². The molecule has 3 heterocycles. The molecule has 0 aliphatic carbocycles. The molecule has 0 N–H and O–H groups in total. The normalized spacial score (nSPS) is 11.6. The van der Waals surface area contributed by atoms with Gasteiger partial charge in [0.15, 0.2) is 17.5 Å². The van der Waals surface area contributed by atoms with Crippen molar-refractivity contribution in [3.63, 3.8) is 0 Å². The van der Waals surface area contributed by atoms with Crippen molar-refractivity contribution in [2.45, 2.75) is 0 Å². The molecule has 11 aromatic rings. The lowest BCUT2D eigenvalue weighted by molar-refractivity contribution is 1.07. The van der Waals surface area contributed by atoms with Gasteiger partial charge in [-0.05, 0) is 82.6 Å². The second kappa shape index (κ2) is 13.0. The first-order valence-corrected chi connectivity index (χ1v) is 18.9. The largest absolute Gasteiger partial charge is 0.317 e. The summed E-state index contributed by atoms with van der Waals surface area (Å²) in [7, 11) is 0. The lowest BCUT2D eigenvalue weighted by Crippen LogP contribution is -2.00. The van der Waals surface area contributed by atoms with Gasteiger partial charge in [-0.2, -0.15) is 0 Å². The van der Waals surface area contributed by atoms with Crippen LogP contribution in [0, 0.1) is 0 Å². The van der Waals surface area contributed by atoms with Crippen LogP contribution < -0.4 is 0 Å². The van der Waals surface area contributed by atoms with E-state index in [0.717, 1.165) is 39.2 Å². The summed E-state index contributed by atoms with van der Waals surface area (Å²) in [4.78, 5) is 14.8. The number of benzene rings is 8. The van der Waals surface area contributed by atoms with Crippen molar-refractivity contribution in [1.29, 1.82) is 0 Å². The molecule has 0 radical (unpaired) electrons. The Kier molecular flexibility index (Phi) is 7.42. The van der Waals surface area contributed by atoms with E-state index in [-0.39, 0.29) is 0 Å². The van der Waals surface area contributed by atoms with Crippen LogP contribution in [0.5, 0.6) is 0 Å². The van der Waals surface area contributed by atoms with Gasteiger partial charge in [0.25, 0.3) is 0 Å². The number of rotatable bonds is 6. The second-order valence-corrected chi connectivity index (χ2v) is 14.1. The summed E-state index contributed by atoms with van der Waals surface area (Å²) in [5, 5.41) is 6.23. The molecule has 5 nitrogen and oxygen atoms in total. The SMILES string of the molecule is c1ccc(-c2nc(-c3ccccc3)nc(-c3cccc(-c4ccc(-n5ccc6c7cc8c(cc7ccc65)c5ccccc5n8-c5ccccc5)cc4)c3)n2)cc1. The maximum atomic E-state index is 4.95. The van der Waals surface area contributed by atoms with Crippen LogP contribution in [0.1, 0.15) is 0 Å². The van der Waals surface area contributed by atoms with Gasteiger partial charge in [-0.3, -0.25) is 0 Å². The van der Waals surface area contributed by atoms with Crippen LogP contribution in [0.2, 0.25) is 0 Å². The smallest absolute Gasteiger partial charge is 0.164 e. The van der Waals surface area contributed by atoms with E-state index < -0.39 is 0 Å². The van der Waals surface area contributed by atoms with E-state index in [1.807, 2.05) is 60.7 Å². The molecule has 0 amide bonds. The number of hydrogen-bond acceptors (Lipinski definition) is 3. The molecule has 0 fully saturated rings. The fraction of sp³-hybridized carbons (Fsp3) is 0. The Morgan fingerprint density at radius 1 is 0.304 bits per heavy atom. The number of nitrogens with zero attached hydrogens (tertiary/aromatic N) is 5. The lowest BCUT2D eigenvalue weighted by Gasteiger charge is -2.11. The van der Waals surface area contributed by atoms with Crippen molar-refractivity contribution in [3.05, 3.63) is 200 Å². The molecule has 0 aliphatic heterocycles. The van der Waals surface area contributed by atoms with Crippen LogP contribution in [0.4, 0.5) is 0 Å². The summed E-state index contributed by atoms with van der Waals surface area (Å²) in [6.07, 6.45) is 2.19. The van der Waals surface area contributed by atoms with E-state index >= 15 is 0 Å². The average molecular weight is 716 g/mol. The predicted octanol–water partition coefficient (Wildman–Crippen LogP) is 12.7. The standard InChI is InChI=1S/C51H33N5/c1-4-13-35(14-5-1)49-52-50(36-15-6-2-7-16-36)54-51(53-49)39-18-12-17-37(31-39)34-23-26-40(27-24-34)55-30-29-43-44-33-48-45(32-38(44)25-28-46(43)55)42-21-10-11-22-47(42)56(48)41-19-8-3-9-20-41/h1-33H. The van der Waals surface area contributed by atoms with Crippen molar-refractivity contribution in [1.82, 2.24) is 24.1 Å². The highest BCUT2D eigenvalue weighted by molar-refractivity contribution is 6.18. The van der Waals surface area contributed by atoms with Gasteiger partial charge in [-0.25, -0.2) is 15.0 Å². The minimum Gasteiger partial charge on any atom is -0.317 e. The van der Waals surface area contributed by atoms with Gasteiger partial charge >= 0.3 is 0 Å². The zero-order chi connectivity index (χ0) is 37.0. The van der Waals surface area contributed by atoms with Crippen LogP contribution in [-0.4, -0.2) is 24.1 Å². The first-order chi connectivity index (χ1) is 27.7. The molecule has 8 aromatic carbocycles. The van der Waals surface area contributed by atoms with Crippen LogP contribution in [-0.2, 0) is 0 Å². The molecule has 56 heavy (non-hydrogen) atoms. The van der Waals surface area contributed by atoms with Gasteiger partial charge < -0.3 is 9.13 Å². The van der Waals surface area contributed by atoms with Crippen LogP contribution in [0.25, 0.3) is 100 Å². The maximum Gasteiger partial charge on any atom is 0.164 e. The van der Waals surface area contributed by atoms with Crippen molar-refractivity contribution < 1.29 is 0 Å². The van der Waals surface area contributed by atoms with E-state index in [1.165, 1.54) is 43.5 Å². The Labute approximate surface area is 323 Å². The van der Waals surface area contributed by atoms with Crippen LogP contribution >= 0.6 is 0 Å². The topological polar surface area (TPSA) is 48.5 Å². The first kappa shape index (κ1) is 31.9. The molecule has 0 atom stereocenters. The fourth-order valence-electron chi connectivity index (χ4n) is 8.08. The van der Waals surface area contributed by atoms with Gasteiger partial charge in [0.05, 0.1) is 16.6 Å². The summed E-state index contributed by atoms with van der Waals surface area (Å²) in [5.41, 5.74) is 10.9. The Balaban J connectivity index is 0.965. The zero-order valence-corrected chi connectivity index (χ0v) is 30.3. The molecule has 262 valence electrons. The minimum atomic E-state index is 0.642. The highest BCUT2D eigenvalue weighted by Crippen LogP contribution is 2.38. The third kappa shape index (κ3) is 5.37. The summed E-state index contributed by atoms with van der Waals surface area (Å²) >= 11 is 0. The fourth-order valence-corrected chi connectivity index (χ4v) is 8.08. The lowest BCUT2D eigenvalue weighted by atomic mass is 10.0. The molecular weight excluding hydrogens is 683 g/mol. The average Bonchev–Trinajstić information content (AvgIpc) is 3.86. The second-order valence-electron chi connectivity index (χ2n) is 14.1. The molecule has 0 bridgehead atoms. The third-order valence-electron chi connectivity index (χ3n) is 10.8. The monoisotopic (exact) mass is 715 g/mol. The Hall–Kier alpha value is -7.63.